The molecule has 0 atom stereocenters. The predicted octanol–water partition coefficient (Wildman–Crippen LogP) is 2.50. The molecule has 72 valence electrons. The third-order valence-corrected chi connectivity index (χ3v) is 2.76. The highest BCUT2D eigenvalue weighted by atomic mass is 35.5. The molecule has 3 heteroatoms. The smallest absolute Gasteiger partial charge is 0.131 e. The van der Waals surface area contributed by atoms with Gasteiger partial charge in [-0.15, -0.1) is 0 Å². The molecule has 0 aliphatic heterocycles. The van der Waals surface area contributed by atoms with Gasteiger partial charge in [0.1, 0.15) is 5.15 Å². The molecule has 1 heterocycles. The van der Waals surface area contributed by atoms with Crippen molar-refractivity contribution in [3.05, 3.63) is 28.5 Å². The lowest BCUT2D eigenvalue weighted by atomic mass is 9.95. The summed E-state index contributed by atoms with van der Waals surface area (Å²) < 4.78 is 0. The first-order chi connectivity index (χ1) is 5.97. The second-order valence-electron chi connectivity index (χ2n) is 3.71. The SMILES string of the molecule is CNC(C)(C)c1cnc(Cl)c(C)c1. The number of pyridine rings is 1. The van der Waals surface area contributed by atoms with Crippen molar-refractivity contribution in [2.45, 2.75) is 26.3 Å². The van der Waals surface area contributed by atoms with Crippen LogP contribution in [0.2, 0.25) is 5.15 Å². The molecule has 13 heavy (non-hydrogen) atoms. The van der Waals surface area contributed by atoms with E-state index in [1.54, 1.807) is 0 Å². The van der Waals surface area contributed by atoms with Crippen molar-refractivity contribution < 1.29 is 0 Å². The average Bonchev–Trinajstić information content (AvgIpc) is 2.09. The van der Waals surface area contributed by atoms with Gasteiger partial charge in [0.05, 0.1) is 0 Å². The molecule has 1 N–H and O–H groups in total. The van der Waals surface area contributed by atoms with Gasteiger partial charge in [-0.25, -0.2) is 4.98 Å². The van der Waals surface area contributed by atoms with Crippen molar-refractivity contribution in [1.29, 1.82) is 0 Å². The normalized spacial score (nSPS) is 11.8. The zero-order valence-corrected chi connectivity index (χ0v) is 9.24. The van der Waals surface area contributed by atoms with Crippen LogP contribution in [0, 0.1) is 6.92 Å². The minimum Gasteiger partial charge on any atom is -0.311 e. The molecule has 0 aromatic carbocycles. The molecule has 1 aromatic heterocycles. The Labute approximate surface area is 84.3 Å². The number of hydrogen-bond donors (Lipinski definition) is 1. The summed E-state index contributed by atoms with van der Waals surface area (Å²) in [6.07, 6.45) is 1.81. The maximum atomic E-state index is 5.84. The van der Waals surface area contributed by atoms with Crippen LogP contribution in [-0.2, 0) is 5.54 Å². The van der Waals surface area contributed by atoms with E-state index in [-0.39, 0.29) is 5.54 Å². The average molecular weight is 199 g/mol. The van der Waals surface area contributed by atoms with Crippen LogP contribution in [0.25, 0.3) is 0 Å². The Morgan fingerprint density at radius 2 is 2.08 bits per heavy atom. The van der Waals surface area contributed by atoms with Gasteiger partial charge < -0.3 is 5.32 Å². The molecule has 0 fully saturated rings. The van der Waals surface area contributed by atoms with E-state index in [4.69, 9.17) is 11.6 Å². The van der Waals surface area contributed by atoms with E-state index < -0.39 is 0 Å². The number of aromatic nitrogens is 1. The third kappa shape index (κ3) is 2.20. The fourth-order valence-corrected chi connectivity index (χ4v) is 1.15. The zero-order valence-electron chi connectivity index (χ0n) is 8.48. The van der Waals surface area contributed by atoms with Gasteiger partial charge in [0.15, 0.2) is 0 Å². The van der Waals surface area contributed by atoms with Crippen LogP contribution in [0.4, 0.5) is 0 Å². The summed E-state index contributed by atoms with van der Waals surface area (Å²) in [5.41, 5.74) is 2.11. The van der Waals surface area contributed by atoms with Crippen molar-refractivity contribution in [3.63, 3.8) is 0 Å². The lowest BCUT2D eigenvalue weighted by Crippen LogP contribution is -2.33. The van der Waals surface area contributed by atoms with Crippen LogP contribution in [0.1, 0.15) is 25.0 Å². The molecule has 0 bridgehead atoms. The van der Waals surface area contributed by atoms with Crippen LogP contribution in [0.5, 0.6) is 0 Å². The quantitative estimate of drug-likeness (QED) is 0.739. The van der Waals surface area contributed by atoms with Crippen LogP contribution >= 0.6 is 11.6 Å². The molecule has 0 aliphatic carbocycles. The van der Waals surface area contributed by atoms with Crippen LogP contribution in [0.15, 0.2) is 12.3 Å². The summed E-state index contributed by atoms with van der Waals surface area (Å²) in [5.74, 6) is 0. The van der Waals surface area contributed by atoms with Crippen LogP contribution in [0.3, 0.4) is 0 Å². The Kier molecular flexibility index (Phi) is 2.94. The summed E-state index contributed by atoms with van der Waals surface area (Å²) in [6.45, 7) is 6.18. The molecule has 0 saturated heterocycles. The molecular formula is C10H15ClN2. The van der Waals surface area contributed by atoms with Crippen LogP contribution in [-0.4, -0.2) is 12.0 Å². The Morgan fingerprint density at radius 3 is 2.54 bits per heavy atom. The molecule has 0 amide bonds. The van der Waals surface area contributed by atoms with Gasteiger partial charge >= 0.3 is 0 Å². The van der Waals surface area contributed by atoms with Crippen molar-refractivity contribution in [2.24, 2.45) is 0 Å². The Bertz CT molecular complexity index is 308. The van der Waals surface area contributed by atoms with Crippen molar-refractivity contribution in [2.75, 3.05) is 7.05 Å². The van der Waals surface area contributed by atoms with Gasteiger partial charge in [-0.05, 0) is 45.0 Å². The fourth-order valence-electron chi connectivity index (χ4n) is 1.04. The monoisotopic (exact) mass is 198 g/mol. The molecule has 1 rings (SSSR count). The summed E-state index contributed by atoms with van der Waals surface area (Å²) in [6, 6.07) is 2.06. The van der Waals surface area contributed by atoms with E-state index in [9.17, 15) is 0 Å². The van der Waals surface area contributed by atoms with Gasteiger partial charge in [-0.2, -0.15) is 0 Å². The van der Waals surface area contributed by atoms with E-state index in [1.165, 1.54) is 0 Å². The highest BCUT2D eigenvalue weighted by Gasteiger charge is 2.18. The first kappa shape index (κ1) is 10.5. The van der Waals surface area contributed by atoms with E-state index in [1.807, 2.05) is 20.2 Å². The van der Waals surface area contributed by atoms with E-state index in [0.717, 1.165) is 11.1 Å². The Morgan fingerprint density at radius 1 is 1.46 bits per heavy atom. The number of nitrogens with zero attached hydrogens (tertiary/aromatic N) is 1. The Hall–Kier alpha value is -0.600. The highest BCUT2D eigenvalue weighted by Crippen LogP contribution is 2.22. The van der Waals surface area contributed by atoms with Crippen molar-refractivity contribution in [3.8, 4) is 0 Å². The molecule has 1 aromatic rings. The Balaban J connectivity index is 3.10. The second kappa shape index (κ2) is 3.64. The topological polar surface area (TPSA) is 24.9 Å². The number of aryl methyl sites for hydroxylation is 1. The van der Waals surface area contributed by atoms with Crippen LogP contribution < -0.4 is 5.32 Å². The maximum Gasteiger partial charge on any atom is 0.131 e. The molecule has 0 aliphatic rings. The van der Waals surface area contributed by atoms with Gasteiger partial charge in [0, 0.05) is 11.7 Å². The molecule has 2 nitrogen and oxygen atoms in total. The zero-order chi connectivity index (χ0) is 10.1. The lowest BCUT2D eigenvalue weighted by Gasteiger charge is -2.24. The minimum atomic E-state index is -0.0532. The molecule has 0 unspecified atom stereocenters. The largest absolute Gasteiger partial charge is 0.311 e. The third-order valence-electron chi connectivity index (χ3n) is 2.36. The first-order valence-corrected chi connectivity index (χ1v) is 4.66. The number of rotatable bonds is 2. The first-order valence-electron chi connectivity index (χ1n) is 4.29. The predicted molar refractivity (Wildman–Crippen MR) is 56.1 cm³/mol. The maximum absolute atomic E-state index is 5.84. The molecule has 0 saturated carbocycles. The summed E-state index contributed by atoms with van der Waals surface area (Å²) >= 11 is 5.84. The van der Waals surface area contributed by atoms with E-state index in [0.29, 0.717) is 5.15 Å². The molecule has 0 spiro atoms. The van der Waals surface area contributed by atoms with Gasteiger partial charge in [-0.3, -0.25) is 0 Å². The fraction of sp³-hybridized carbons (Fsp3) is 0.500. The van der Waals surface area contributed by atoms with Gasteiger partial charge in [0.2, 0.25) is 0 Å². The second-order valence-corrected chi connectivity index (χ2v) is 4.06. The van der Waals surface area contributed by atoms with E-state index >= 15 is 0 Å². The van der Waals surface area contributed by atoms with Gasteiger partial charge in [0.25, 0.3) is 0 Å². The summed E-state index contributed by atoms with van der Waals surface area (Å²) in [5, 5.41) is 3.80. The lowest BCUT2D eigenvalue weighted by molar-refractivity contribution is 0.443. The summed E-state index contributed by atoms with van der Waals surface area (Å²) in [4.78, 5) is 4.12. The van der Waals surface area contributed by atoms with Crippen molar-refractivity contribution in [1.82, 2.24) is 10.3 Å². The number of halogens is 1. The summed E-state index contributed by atoms with van der Waals surface area (Å²) in [7, 11) is 1.93. The molecule has 0 radical (unpaired) electrons. The standard InChI is InChI=1S/C10H15ClN2/c1-7-5-8(6-13-9(7)11)10(2,3)12-4/h5-6,12H,1-4H3. The van der Waals surface area contributed by atoms with Gasteiger partial charge in [-0.1, -0.05) is 11.6 Å². The van der Waals surface area contributed by atoms with E-state index in [2.05, 4.69) is 30.2 Å². The molecular weight excluding hydrogens is 184 g/mol. The number of hydrogen-bond acceptors (Lipinski definition) is 2. The highest BCUT2D eigenvalue weighted by molar-refractivity contribution is 6.30. The minimum absolute atomic E-state index is 0.0532. The number of nitrogens with one attached hydrogen (secondary N) is 1. The van der Waals surface area contributed by atoms with Crippen molar-refractivity contribution >= 4 is 11.6 Å².